The van der Waals surface area contributed by atoms with Crippen molar-refractivity contribution in [3.05, 3.63) is 35.6 Å². The summed E-state index contributed by atoms with van der Waals surface area (Å²) in [5.41, 5.74) is 1.21. The zero-order chi connectivity index (χ0) is 14.5. The van der Waals surface area contributed by atoms with E-state index in [4.69, 9.17) is 9.15 Å². The maximum Gasteiger partial charge on any atom is 0.261 e. The van der Waals surface area contributed by atoms with Gasteiger partial charge in [0.2, 0.25) is 0 Å². The summed E-state index contributed by atoms with van der Waals surface area (Å²) in [6.45, 7) is 1.26. The van der Waals surface area contributed by atoms with Crippen molar-refractivity contribution >= 4 is 16.8 Å². The molecule has 5 heteroatoms. The van der Waals surface area contributed by atoms with E-state index in [2.05, 4.69) is 0 Å². The first-order valence-corrected chi connectivity index (χ1v) is 6.53. The van der Waals surface area contributed by atoms with Gasteiger partial charge in [0, 0.05) is 18.2 Å². The minimum absolute atomic E-state index is 0.00810. The number of carbonyl (C=O) groups is 1. The Morgan fingerprint density at radius 3 is 2.80 bits per heavy atom. The number of alkyl halides is 2. The molecule has 3 nitrogen and oxygen atoms in total. The number of hydrogen-bond donors (Lipinski definition) is 0. The monoisotopic (exact) mass is 282 g/mol. The van der Waals surface area contributed by atoms with Crippen molar-refractivity contribution in [2.75, 3.05) is 13.2 Å². The van der Waals surface area contributed by atoms with Gasteiger partial charge in [0.05, 0.1) is 12.2 Å². The average molecular weight is 282 g/mol. The van der Waals surface area contributed by atoms with Gasteiger partial charge >= 0.3 is 0 Å². The number of Topliss-reactive ketones (excluding diaryl/α,β-unsaturated/α-hetero) is 1. The lowest BCUT2D eigenvalue weighted by Crippen LogP contribution is -2.10. The molecule has 0 N–H and O–H groups in total. The van der Waals surface area contributed by atoms with Gasteiger partial charge in [-0.2, -0.15) is 0 Å². The summed E-state index contributed by atoms with van der Waals surface area (Å²) in [6, 6.07) is 7.30. The number of furan rings is 1. The zero-order valence-corrected chi connectivity index (χ0v) is 11.2. The van der Waals surface area contributed by atoms with Crippen LogP contribution in [0.15, 0.2) is 28.7 Å². The van der Waals surface area contributed by atoms with Gasteiger partial charge < -0.3 is 9.15 Å². The van der Waals surface area contributed by atoms with Gasteiger partial charge in [0.15, 0.2) is 5.78 Å². The third-order valence-corrected chi connectivity index (χ3v) is 2.99. The van der Waals surface area contributed by atoms with Gasteiger partial charge in [0.25, 0.3) is 6.43 Å². The van der Waals surface area contributed by atoms with Crippen LogP contribution in [-0.4, -0.2) is 25.4 Å². The van der Waals surface area contributed by atoms with Crippen molar-refractivity contribution in [3.63, 3.8) is 0 Å². The molecular weight excluding hydrogens is 266 g/mol. The molecule has 20 heavy (non-hydrogen) atoms. The summed E-state index contributed by atoms with van der Waals surface area (Å²) in [4.78, 5) is 12.2. The highest BCUT2D eigenvalue weighted by Gasteiger charge is 2.19. The Balaban J connectivity index is 2.12. The van der Waals surface area contributed by atoms with Crippen molar-refractivity contribution in [3.8, 4) is 0 Å². The highest BCUT2D eigenvalue weighted by molar-refractivity contribution is 6.08. The fourth-order valence-electron chi connectivity index (χ4n) is 2.11. The zero-order valence-electron chi connectivity index (χ0n) is 11.2. The number of para-hydroxylation sites is 1. The van der Waals surface area contributed by atoms with Gasteiger partial charge in [-0.05, 0) is 6.07 Å². The number of carbonyl (C=O) groups excluding carboxylic acids is 1. The Kier molecular flexibility index (Phi) is 4.84. The summed E-state index contributed by atoms with van der Waals surface area (Å²) in [5, 5.41) is 0.767. The molecule has 0 atom stereocenters. The molecule has 0 aliphatic heterocycles. The molecule has 2 rings (SSSR count). The number of fused-ring (bicyclic) bond motifs is 1. The Hall–Kier alpha value is -1.75. The third-order valence-electron chi connectivity index (χ3n) is 2.99. The molecule has 0 saturated carbocycles. The summed E-state index contributed by atoms with van der Waals surface area (Å²) in [5.74, 6) is 0.492. The molecule has 0 saturated heterocycles. The topological polar surface area (TPSA) is 39.4 Å². The van der Waals surface area contributed by atoms with Crippen molar-refractivity contribution in [1.29, 1.82) is 0 Å². The minimum Gasteiger partial charge on any atom is -0.460 e. The number of ketones is 1. The van der Waals surface area contributed by atoms with E-state index in [0.29, 0.717) is 23.3 Å². The van der Waals surface area contributed by atoms with E-state index in [1.165, 1.54) is 0 Å². The molecule has 0 aliphatic carbocycles. The molecule has 108 valence electrons. The van der Waals surface area contributed by atoms with Crippen molar-refractivity contribution in [2.45, 2.75) is 26.2 Å². The molecule has 2 aromatic rings. The molecule has 0 bridgehead atoms. The minimum atomic E-state index is -2.51. The second-order valence-electron chi connectivity index (χ2n) is 4.39. The standard InChI is InChI=1S/C15H16F2O3/c1-2-12-15(10-5-3-4-6-13(10)20-12)11(18)7-8-19-9-14(16)17/h3-6,14H,2,7-9H2,1H3. The first-order chi connectivity index (χ1) is 9.63. The first-order valence-electron chi connectivity index (χ1n) is 6.53. The lowest BCUT2D eigenvalue weighted by molar-refractivity contribution is 0.0170. The van der Waals surface area contributed by atoms with Crippen LogP contribution < -0.4 is 0 Å². The van der Waals surface area contributed by atoms with E-state index >= 15 is 0 Å². The molecule has 0 unspecified atom stereocenters. The number of rotatable bonds is 7. The second kappa shape index (κ2) is 6.61. The van der Waals surface area contributed by atoms with Crippen LogP contribution in [-0.2, 0) is 11.2 Å². The van der Waals surface area contributed by atoms with Crippen molar-refractivity contribution in [1.82, 2.24) is 0 Å². The third kappa shape index (κ3) is 3.22. The fourth-order valence-corrected chi connectivity index (χ4v) is 2.11. The van der Waals surface area contributed by atoms with Gasteiger partial charge in [0.1, 0.15) is 18.0 Å². The summed E-state index contributed by atoms with van der Waals surface area (Å²) in [6.07, 6.45) is -1.83. The van der Waals surface area contributed by atoms with Crippen molar-refractivity contribution < 1.29 is 22.7 Å². The van der Waals surface area contributed by atoms with Crippen molar-refractivity contribution in [2.24, 2.45) is 0 Å². The van der Waals surface area contributed by atoms with E-state index in [9.17, 15) is 13.6 Å². The molecule has 1 heterocycles. The molecule has 0 radical (unpaired) electrons. The Morgan fingerprint density at radius 2 is 2.10 bits per heavy atom. The largest absolute Gasteiger partial charge is 0.460 e. The number of ether oxygens (including phenoxy) is 1. The SMILES string of the molecule is CCc1oc2ccccc2c1C(=O)CCOCC(F)F. The van der Waals surface area contributed by atoms with Crippen LogP contribution in [0.1, 0.15) is 29.5 Å². The Morgan fingerprint density at radius 1 is 1.35 bits per heavy atom. The number of halogens is 2. The summed E-state index contributed by atoms with van der Waals surface area (Å²) in [7, 11) is 0. The van der Waals surface area contributed by atoms with Gasteiger partial charge in [-0.1, -0.05) is 25.1 Å². The first kappa shape index (κ1) is 14.7. The maximum absolute atomic E-state index is 12.2. The van der Waals surface area contributed by atoms with E-state index < -0.39 is 13.0 Å². The molecule has 0 fully saturated rings. The van der Waals surface area contributed by atoms with Crippen LogP contribution in [0.25, 0.3) is 11.0 Å². The van der Waals surface area contributed by atoms with Crippen LogP contribution in [0.4, 0.5) is 8.78 Å². The molecule has 0 spiro atoms. The smallest absolute Gasteiger partial charge is 0.261 e. The lowest BCUT2D eigenvalue weighted by Gasteiger charge is -2.03. The van der Waals surface area contributed by atoms with Gasteiger partial charge in [-0.3, -0.25) is 4.79 Å². The number of hydrogen-bond acceptors (Lipinski definition) is 3. The van der Waals surface area contributed by atoms with E-state index in [-0.39, 0.29) is 18.8 Å². The van der Waals surface area contributed by atoms with E-state index in [1.807, 2.05) is 25.1 Å². The van der Waals surface area contributed by atoms with Gasteiger partial charge in [-0.15, -0.1) is 0 Å². The molecular formula is C15H16F2O3. The predicted octanol–water partition coefficient (Wildman–Crippen LogP) is 3.85. The quantitative estimate of drug-likeness (QED) is 0.572. The lowest BCUT2D eigenvalue weighted by atomic mass is 10.0. The molecule has 1 aromatic carbocycles. The fraction of sp³-hybridized carbons (Fsp3) is 0.400. The van der Waals surface area contributed by atoms with Gasteiger partial charge in [-0.25, -0.2) is 8.78 Å². The predicted molar refractivity (Wildman–Crippen MR) is 71.4 cm³/mol. The molecule has 0 amide bonds. The van der Waals surface area contributed by atoms with Crippen LogP contribution in [0.5, 0.6) is 0 Å². The maximum atomic E-state index is 12.2. The average Bonchev–Trinajstić information content (AvgIpc) is 2.81. The Bertz CT molecular complexity index is 590. The van der Waals surface area contributed by atoms with Crippen LogP contribution in [0.2, 0.25) is 0 Å². The van der Waals surface area contributed by atoms with E-state index in [0.717, 1.165) is 5.39 Å². The highest BCUT2D eigenvalue weighted by atomic mass is 19.3. The second-order valence-corrected chi connectivity index (χ2v) is 4.39. The summed E-state index contributed by atoms with van der Waals surface area (Å²) >= 11 is 0. The van der Waals surface area contributed by atoms with Crippen LogP contribution in [0.3, 0.4) is 0 Å². The molecule has 1 aromatic heterocycles. The molecule has 0 aliphatic rings. The summed E-state index contributed by atoms with van der Waals surface area (Å²) < 4.78 is 34.2. The van der Waals surface area contributed by atoms with Crippen LogP contribution >= 0.6 is 0 Å². The Labute approximate surface area is 115 Å². The van der Waals surface area contributed by atoms with Crippen LogP contribution in [0, 0.1) is 0 Å². The van der Waals surface area contributed by atoms with E-state index in [1.54, 1.807) is 6.07 Å². The number of aryl methyl sites for hydroxylation is 1. The number of benzene rings is 1. The highest BCUT2D eigenvalue weighted by Crippen LogP contribution is 2.27. The normalized spacial score (nSPS) is 11.4.